The summed E-state index contributed by atoms with van der Waals surface area (Å²) in [6.45, 7) is -0.284. The van der Waals surface area contributed by atoms with Crippen LogP contribution in [0.25, 0.3) is 0 Å². The number of hydrogen-bond acceptors (Lipinski definition) is 3. The molecular weight excluding hydrogens is 448 g/mol. The second-order valence-electron chi connectivity index (χ2n) is 7.71. The van der Waals surface area contributed by atoms with E-state index in [0.29, 0.717) is 22.7 Å². The SMILES string of the molecule is CN(CC(=O)N1N=C(c2ccccc2F)C[C@H]1c1ccc(Cl)cc1)C(=O)c1cccc(F)c1. The van der Waals surface area contributed by atoms with E-state index in [1.165, 1.54) is 41.2 Å². The molecule has 0 fully saturated rings. The van der Waals surface area contributed by atoms with Crippen LogP contribution in [0, 0.1) is 11.6 Å². The second kappa shape index (κ2) is 9.50. The highest BCUT2D eigenvalue weighted by Crippen LogP contribution is 2.34. The average Bonchev–Trinajstić information content (AvgIpc) is 3.24. The van der Waals surface area contributed by atoms with Gasteiger partial charge in [0.2, 0.25) is 0 Å². The Kier molecular flexibility index (Phi) is 6.51. The molecule has 0 spiro atoms. The van der Waals surface area contributed by atoms with E-state index in [9.17, 15) is 18.4 Å². The van der Waals surface area contributed by atoms with E-state index in [2.05, 4.69) is 5.10 Å². The van der Waals surface area contributed by atoms with E-state index in [1.54, 1.807) is 42.5 Å². The number of hydrazone groups is 1. The van der Waals surface area contributed by atoms with Crippen LogP contribution in [0.2, 0.25) is 5.02 Å². The Balaban J connectivity index is 1.60. The van der Waals surface area contributed by atoms with Gasteiger partial charge in [-0.15, -0.1) is 0 Å². The molecule has 0 N–H and O–H groups in total. The van der Waals surface area contributed by atoms with Crippen molar-refractivity contribution in [3.05, 3.63) is 106 Å². The summed E-state index contributed by atoms with van der Waals surface area (Å²) in [5.41, 5.74) is 1.66. The van der Waals surface area contributed by atoms with Crippen LogP contribution in [-0.2, 0) is 4.79 Å². The number of nitrogens with zero attached hydrogens (tertiary/aromatic N) is 3. The standard InChI is InChI=1S/C25H20ClF2N3O2/c1-30(25(33)17-5-4-6-19(27)13-17)15-24(32)31-23(16-9-11-18(26)12-10-16)14-22(29-31)20-7-2-3-8-21(20)28/h2-13,23H,14-15H2,1H3/t23-/m0/s1. The van der Waals surface area contributed by atoms with Crippen molar-refractivity contribution < 1.29 is 18.4 Å². The molecule has 5 nitrogen and oxygen atoms in total. The number of halogens is 3. The Morgan fingerprint density at radius 1 is 1.06 bits per heavy atom. The Morgan fingerprint density at radius 3 is 2.48 bits per heavy atom. The van der Waals surface area contributed by atoms with Gasteiger partial charge in [-0.2, -0.15) is 5.10 Å². The first kappa shape index (κ1) is 22.6. The number of hydrogen-bond donors (Lipinski definition) is 0. The van der Waals surface area contributed by atoms with Crippen LogP contribution in [0.15, 0.2) is 77.9 Å². The zero-order chi connectivity index (χ0) is 23.5. The minimum absolute atomic E-state index is 0.136. The fraction of sp³-hybridized carbons (Fsp3) is 0.160. The molecule has 0 aliphatic carbocycles. The lowest BCUT2D eigenvalue weighted by Crippen LogP contribution is -2.39. The molecule has 1 aliphatic heterocycles. The summed E-state index contributed by atoms with van der Waals surface area (Å²) >= 11 is 6.01. The third-order valence-electron chi connectivity index (χ3n) is 5.40. The van der Waals surface area contributed by atoms with E-state index in [0.717, 1.165) is 11.6 Å². The van der Waals surface area contributed by atoms with Gasteiger partial charge in [-0.25, -0.2) is 13.8 Å². The lowest BCUT2D eigenvalue weighted by molar-refractivity contribution is -0.133. The molecule has 0 saturated heterocycles. The molecule has 1 heterocycles. The molecule has 0 unspecified atom stereocenters. The zero-order valence-electron chi connectivity index (χ0n) is 17.7. The number of likely N-dealkylation sites (N-methyl/N-ethyl adjacent to an activating group) is 1. The number of benzene rings is 3. The minimum Gasteiger partial charge on any atom is -0.332 e. The lowest BCUT2D eigenvalue weighted by Gasteiger charge is -2.25. The monoisotopic (exact) mass is 467 g/mol. The lowest BCUT2D eigenvalue weighted by atomic mass is 9.98. The highest BCUT2D eigenvalue weighted by Gasteiger charge is 2.34. The summed E-state index contributed by atoms with van der Waals surface area (Å²) in [6.07, 6.45) is 0.301. The number of rotatable bonds is 5. The van der Waals surface area contributed by atoms with Crippen LogP contribution in [-0.4, -0.2) is 41.0 Å². The molecule has 33 heavy (non-hydrogen) atoms. The Morgan fingerprint density at radius 2 is 1.79 bits per heavy atom. The normalized spacial score (nSPS) is 15.3. The predicted octanol–water partition coefficient (Wildman–Crippen LogP) is 5.07. The van der Waals surface area contributed by atoms with E-state index in [1.807, 2.05) is 0 Å². The molecule has 1 atom stereocenters. The molecule has 0 radical (unpaired) electrons. The first-order valence-corrected chi connectivity index (χ1v) is 10.6. The third kappa shape index (κ3) is 4.93. The number of carbonyl (C=O) groups is 2. The molecule has 3 aromatic rings. The Hall–Kier alpha value is -3.58. The van der Waals surface area contributed by atoms with Gasteiger partial charge in [-0.3, -0.25) is 9.59 Å². The second-order valence-corrected chi connectivity index (χ2v) is 8.14. The van der Waals surface area contributed by atoms with Gasteiger partial charge in [-0.1, -0.05) is 48.0 Å². The summed E-state index contributed by atoms with van der Waals surface area (Å²) in [6, 6.07) is 18.0. The largest absolute Gasteiger partial charge is 0.332 e. The molecule has 4 rings (SSSR count). The molecule has 1 aliphatic rings. The van der Waals surface area contributed by atoms with Gasteiger partial charge in [0.25, 0.3) is 11.8 Å². The molecule has 3 aromatic carbocycles. The van der Waals surface area contributed by atoms with Gasteiger partial charge in [0.05, 0.1) is 11.8 Å². The summed E-state index contributed by atoms with van der Waals surface area (Å²) in [5, 5.41) is 6.25. The molecule has 168 valence electrons. The highest BCUT2D eigenvalue weighted by atomic mass is 35.5. The average molecular weight is 468 g/mol. The van der Waals surface area contributed by atoms with Gasteiger partial charge in [0.1, 0.15) is 18.2 Å². The van der Waals surface area contributed by atoms with E-state index in [-0.39, 0.29) is 12.1 Å². The molecule has 0 aromatic heterocycles. The highest BCUT2D eigenvalue weighted by molar-refractivity contribution is 6.30. The van der Waals surface area contributed by atoms with Crippen molar-refractivity contribution in [3.8, 4) is 0 Å². The molecule has 0 saturated carbocycles. The molecular formula is C25H20ClF2N3O2. The Labute approximate surface area is 194 Å². The predicted molar refractivity (Wildman–Crippen MR) is 122 cm³/mol. The van der Waals surface area contributed by atoms with Gasteiger partial charge in [0, 0.05) is 29.6 Å². The van der Waals surface area contributed by atoms with Crippen molar-refractivity contribution in [1.29, 1.82) is 0 Å². The van der Waals surface area contributed by atoms with Gasteiger partial charge >= 0.3 is 0 Å². The fourth-order valence-corrected chi connectivity index (χ4v) is 3.86. The quantitative estimate of drug-likeness (QED) is 0.526. The van der Waals surface area contributed by atoms with Gasteiger partial charge in [0.15, 0.2) is 0 Å². The maximum absolute atomic E-state index is 14.4. The van der Waals surface area contributed by atoms with Crippen LogP contribution in [0.1, 0.15) is 33.9 Å². The summed E-state index contributed by atoms with van der Waals surface area (Å²) in [4.78, 5) is 27.1. The maximum Gasteiger partial charge on any atom is 0.262 e. The van der Waals surface area contributed by atoms with Crippen LogP contribution in [0.5, 0.6) is 0 Å². The summed E-state index contributed by atoms with van der Waals surface area (Å²) in [5.74, 6) is -1.92. The Bertz CT molecular complexity index is 1230. The van der Waals surface area contributed by atoms with Gasteiger partial charge < -0.3 is 4.90 Å². The first-order chi connectivity index (χ1) is 15.8. The van der Waals surface area contributed by atoms with Gasteiger partial charge in [-0.05, 0) is 42.0 Å². The third-order valence-corrected chi connectivity index (χ3v) is 5.65. The zero-order valence-corrected chi connectivity index (χ0v) is 18.5. The molecule has 8 heteroatoms. The van der Waals surface area contributed by atoms with Crippen molar-refractivity contribution in [2.75, 3.05) is 13.6 Å². The van der Waals surface area contributed by atoms with Crippen LogP contribution < -0.4 is 0 Å². The maximum atomic E-state index is 14.4. The number of amides is 2. The fourth-order valence-electron chi connectivity index (χ4n) is 3.73. The molecule has 0 bridgehead atoms. The van der Waals surface area contributed by atoms with Crippen molar-refractivity contribution in [2.24, 2.45) is 5.10 Å². The van der Waals surface area contributed by atoms with Crippen LogP contribution >= 0.6 is 11.6 Å². The topological polar surface area (TPSA) is 53.0 Å². The van der Waals surface area contributed by atoms with Crippen molar-refractivity contribution in [1.82, 2.24) is 9.91 Å². The smallest absolute Gasteiger partial charge is 0.262 e. The minimum atomic E-state index is -0.540. The first-order valence-electron chi connectivity index (χ1n) is 10.2. The van der Waals surface area contributed by atoms with E-state index < -0.39 is 29.5 Å². The van der Waals surface area contributed by atoms with E-state index >= 15 is 0 Å². The van der Waals surface area contributed by atoms with E-state index in [4.69, 9.17) is 11.6 Å². The van der Waals surface area contributed by atoms with Crippen molar-refractivity contribution in [3.63, 3.8) is 0 Å². The summed E-state index contributed by atoms with van der Waals surface area (Å²) in [7, 11) is 1.46. The summed E-state index contributed by atoms with van der Waals surface area (Å²) < 4.78 is 27.9. The van der Waals surface area contributed by atoms with Crippen LogP contribution in [0.3, 0.4) is 0 Å². The molecule has 2 amide bonds. The van der Waals surface area contributed by atoms with Crippen LogP contribution in [0.4, 0.5) is 8.78 Å². The van der Waals surface area contributed by atoms with Crippen molar-refractivity contribution >= 4 is 29.1 Å². The number of carbonyl (C=O) groups excluding carboxylic acids is 2. The van der Waals surface area contributed by atoms with Crippen molar-refractivity contribution in [2.45, 2.75) is 12.5 Å².